The third kappa shape index (κ3) is 4.12. The van der Waals surface area contributed by atoms with E-state index in [0.717, 1.165) is 13.0 Å². The Kier molecular flexibility index (Phi) is 3.14. The molecule has 0 bridgehead atoms. The zero-order valence-corrected chi connectivity index (χ0v) is 8.46. The van der Waals surface area contributed by atoms with E-state index in [0.29, 0.717) is 12.6 Å². The molecule has 13 heavy (non-hydrogen) atoms. The van der Waals surface area contributed by atoms with E-state index in [1.807, 2.05) is 20.8 Å². The van der Waals surface area contributed by atoms with Crippen LogP contribution in [0.3, 0.4) is 0 Å². The second kappa shape index (κ2) is 3.96. The van der Waals surface area contributed by atoms with Gasteiger partial charge < -0.3 is 10.1 Å². The van der Waals surface area contributed by atoms with Gasteiger partial charge in [-0.15, -0.1) is 0 Å². The Balaban J connectivity index is 2.10. The molecule has 1 unspecified atom stereocenters. The van der Waals surface area contributed by atoms with E-state index < -0.39 is 5.60 Å². The lowest BCUT2D eigenvalue weighted by molar-refractivity contribution is 0.0517. The van der Waals surface area contributed by atoms with Crippen molar-refractivity contribution in [2.75, 3.05) is 13.1 Å². The van der Waals surface area contributed by atoms with Crippen LogP contribution in [0.15, 0.2) is 0 Å². The molecule has 0 saturated carbocycles. The van der Waals surface area contributed by atoms with Crippen LogP contribution in [0.2, 0.25) is 0 Å². The minimum Gasteiger partial charge on any atom is -0.444 e. The van der Waals surface area contributed by atoms with Crippen LogP contribution in [0.25, 0.3) is 0 Å². The number of carbonyl (C=O) groups excluding carboxylic acids is 1. The number of carbonyl (C=O) groups is 1. The molecule has 1 aliphatic heterocycles. The van der Waals surface area contributed by atoms with Gasteiger partial charge in [0, 0.05) is 19.1 Å². The van der Waals surface area contributed by atoms with Crippen LogP contribution < -0.4 is 10.6 Å². The number of hydrogen-bond donors (Lipinski definition) is 1. The molecule has 0 aromatic carbocycles. The molecule has 1 aliphatic rings. The van der Waals surface area contributed by atoms with Crippen molar-refractivity contribution in [1.82, 2.24) is 10.6 Å². The Morgan fingerprint density at radius 3 is 2.62 bits per heavy atom. The molecule has 4 heteroatoms. The number of nitrogens with one attached hydrogen (secondary N) is 1. The fourth-order valence-corrected chi connectivity index (χ4v) is 0.994. The average molecular weight is 185 g/mol. The van der Waals surface area contributed by atoms with E-state index in [9.17, 15) is 4.79 Å². The minimum absolute atomic E-state index is 0.313. The first-order valence-electron chi connectivity index (χ1n) is 4.61. The SMILES string of the molecule is CC(C)(C)OC(=O)NCC1CC[N]1. The van der Waals surface area contributed by atoms with Crippen LogP contribution in [0, 0.1) is 0 Å². The normalized spacial score (nSPS) is 21.9. The van der Waals surface area contributed by atoms with Gasteiger partial charge in [-0.25, -0.2) is 10.1 Å². The molecule has 1 heterocycles. The first kappa shape index (κ1) is 10.3. The van der Waals surface area contributed by atoms with E-state index in [1.54, 1.807) is 0 Å². The molecule has 1 amide bonds. The van der Waals surface area contributed by atoms with Crippen LogP contribution in [-0.2, 0) is 4.74 Å². The molecule has 1 radical (unpaired) electrons. The fraction of sp³-hybridized carbons (Fsp3) is 0.889. The minimum atomic E-state index is -0.416. The molecule has 1 fully saturated rings. The van der Waals surface area contributed by atoms with E-state index in [2.05, 4.69) is 10.6 Å². The lowest BCUT2D eigenvalue weighted by atomic mass is 10.1. The lowest BCUT2D eigenvalue weighted by Crippen LogP contribution is -2.46. The summed E-state index contributed by atoms with van der Waals surface area (Å²) >= 11 is 0. The molecule has 1 atom stereocenters. The van der Waals surface area contributed by atoms with Crippen molar-refractivity contribution in [2.45, 2.75) is 38.8 Å². The molecule has 1 saturated heterocycles. The Bertz CT molecular complexity index is 183. The standard InChI is InChI=1S/C9H17N2O2/c1-9(2,3)13-8(12)11-6-7-4-5-10-7/h7H,4-6H2,1-3H3,(H,11,12). The van der Waals surface area contributed by atoms with Crippen molar-refractivity contribution in [1.29, 1.82) is 0 Å². The van der Waals surface area contributed by atoms with Crippen molar-refractivity contribution >= 4 is 6.09 Å². The van der Waals surface area contributed by atoms with Crippen molar-refractivity contribution < 1.29 is 9.53 Å². The third-order valence-electron chi connectivity index (χ3n) is 1.73. The molecule has 4 nitrogen and oxygen atoms in total. The van der Waals surface area contributed by atoms with Crippen molar-refractivity contribution in [3.8, 4) is 0 Å². The summed E-state index contributed by atoms with van der Waals surface area (Å²) < 4.78 is 5.06. The summed E-state index contributed by atoms with van der Waals surface area (Å²) in [6.07, 6.45) is 0.727. The zero-order chi connectivity index (χ0) is 9.90. The molecule has 1 N–H and O–H groups in total. The fourth-order valence-electron chi connectivity index (χ4n) is 0.994. The van der Waals surface area contributed by atoms with Gasteiger partial charge in [0.05, 0.1) is 0 Å². The summed E-state index contributed by atoms with van der Waals surface area (Å²) in [6, 6.07) is 0.313. The highest BCUT2D eigenvalue weighted by Gasteiger charge is 2.20. The number of rotatable bonds is 2. The van der Waals surface area contributed by atoms with Crippen LogP contribution in [0.5, 0.6) is 0 Å². The number of hydrogen-bond acceptors (Lipinski definition) is 2. The number of ether oxygens (including phenoxy) is 1. The zero-order valence-electron chi connectivity index (χ0n) is 8.46. The molecule has 75 valence electrons. The smallest absolute Gasteiger partial charge is 0.407 e. The molecule has 0 aromatic heterocycles. The quantitative estimate of drug-likeness (QED) is 0.694. The molecular weight excluding hydrogens is 168 g/mol. The first-order valence-corrected chi connectivity index (χ1v) is 4.61. The van der Waals surface area contributed by atoms with Crippen LogP contribution in [-0.4, -0.2) is 30.8 Å². The van der Waals surface area contributed by atoms with E-state index in [1.165, 1.54) is 0 Å². The van der Waals surface area contributed by atoms with E-state index >= 15 is 0 Å². The van der Waals surface area contributed by atoms with E-state index in [-0.39, 0.29) is 6.09 Å². The molecule has 1 rings (SSSR count). The highest BCUT2D eigenvalue weighted by atomic mass is 16.6. The van der Waals surface area contributed by atoms with Crippen molar-refractivity contribution in [2.24, 2.45) is 0 Å². The van der Waals surface area contributed by atoms with Crippen molar-refractivity contribution in [3.63, 3.8) is 0 Å². The van der Waals surface area contributed by atoms with Gasteiger partial charge in [0.15, 0.2) is 0 Å². The average Bonchev–Trinajstić information content (AvgIpc) is 1.78. The highest BCUT2D eigenvalue weighted by molar-refractivity contribution is 5.67. The first-order chi connectivity index (χ1) is 5.97. The Morgan fingerprint density at radius 1 is 1.62 bits per heavy atom. The van der Waals surface area contributed by atoms with Gasteiger partial charge in [-0.2, -0.15) is 0 Å². The van der Waals surface area contributed by atoms with Crippen molar-refractivity contribution in [3.05, 3.63) is 0 Å². The molecular formula is C9H17N2O2. The van der Waals surface area contributed by atoms with E-state index in [4.69, 9.17) is 4.74 Å². The Hall–Kier alpha value is -0.770. The topological polar surface area (TPSA) is 52.4 Å². The van der Waals surface area contributed by atoms with Crippen LogP contribution in [0.4, 0.5) is 4.79 Å². The summed E-state index contributed by atoms with van der Waals surface area (Å²) in [7, 11) is 0. The monoisotopic (exact) mass is 185 g/mol. The maximum Gasteiger partial charge on any atom is 0.407 e. The predicted octanol–water partition coefficient (Wildman–Crippen LogP) is 0.888. The maximum atomic E-state index is 11.1. The van der Waals surface area contributed by atoms with Gasteiger partial charge in [0.25, 0.3) is 0 Å². The number of amides is 1. The molecule has 0 spiro atoms. The van der Waals surface area contributed by atoms with Gasteiger partial charge in [0.2, 0.25) is 0 Å². The Labute approximate surface area is 79.0 Å². The summed E-state index contributed by atoms with van der Waals surface area (Å²) in [5.74, 6) is 0. The van der Waals surface area contributed by atoms with Gasteiger partial charge in [0.1, 0.15) is 5.60 Å². The van der Waals surface area contributed by atoms with Gasteiger partial charge in [-0.3, -0.25) is 0 Å². The Morgan fingerprint density at radius 2 is 2.23 bits per heavy atom. The summed E-state index contributed by atoms with van der Waals surface area (Å²) in [4.78, 5) is 11.1. The van der Waals surface area contributed by atoms with Gasteiger partial charge >= 0.3 is 6.09 Å². The van der Waals surface area contributed by atoms with Gasteiger partial charge in [-0.05, 0) is 27.2 Å². The van der Waals surface area contributed by atoms with Crippen LogP contribution in [0.1, 0.15) is 27.2 Å². The lowest BCUT2D eigenvalue weighted by Gasteiger charge is -2.26. The molecule has 0 aromatic rings. The highest BCUT2D eigenvalue weighted by Crippen LogP contribution is 2.07. The predicted molar refractivity (Wildman–Crippen MR) is 49.6 cm³/mol. The summed E-state index contributed by atoms with van der Waals surface area (Å²) in [5, 5.41) is 6.85. The van der Waals surface area contributed by atoms with Gasteiger partial charge in [-0.1, -0.05) is 0 Å². The third-order valence-corrected chi connectivity index (χ3v) is 1.73. The second-order valence-electron chi connectivity index (χ2n) is 4.23. The largest absolute Gasteiger partial charge is 0.444 e. The summed E-state index contributed by atoms with van der Waals surface area (Å²) in [6.45, 7) is 7.08. The van der Waals surface area contributed by atoms with Crippen LogP contribution >= 0.6 is 0 Å². The maximum absolute atomic E-state index is 11.1. The number of nitrogens with zero attached hydrogens (tertiary/aromatic N) is 1. The second-order valence-corrected chi connectivity index (χ2v) is 4.23. The molecule has 0 aliphatic carbocycles. The number of alkyl carbamates (subject to hydrolysis) is 1. The summed E-state index contributed by atoms with van der Waals surface area (Å²) in [5.41, 5.74) is -0.416.